The first-order valence-electron chi connectivity index (χ1n) is 12.2. The van der Waals surface area contributed by atoms with Crippen LogP contribution in [0.4, 0.5) is 30.8 Å². The lowest BCUT2D eigenvalue weighted by atomic mass is 9.85. The highest BCUT2D eigenvalue weighted by Crippen LogP contribution is 2.40. The first-order chi connectivity index (χ1) is 17.6. The molecule has 0 radical (unpaired) electrons. The molecule has 0 saturated heterocycles. The molecule has 0 aliphatic heterocycles. The second-order valence-electron chi connectivity index (χ2n) is 9.76. The summed E-state index contributed by atoms with van der Waals surface area (Å²) in [7, 11) is 0. The number of alkyl halides is 2. The minimum absolute atomic E-state index is 0.0720. The van der Waals surface area contributed by atoms with Gasteiger partial charge in [-0.25, -0.2) is 23.1 Å². The molecule has 0 bridgehead atoms. The van der Waals surface area contributed by atoms with Gasteiger partial charge in [-0.2, -0.15) is 4.98 Å². The number of carbonyl (C=O) groups is 1. The Kier molecular flexibility index (Phi) is 7.10. The van der Waals surface area contributed by atoms with Crippen LogP contribution < -0.4 is 16.4 Å². The number of primary amides is 1. The molecule has 1 aromatic carbocycles. The number of fused-ring (bicyclic) bond motifs is 1. The number of amides is 1. The molecule has 13 heteroatoms. The van der Waals surface area contributed by atoms with Gasteiger partial charge in [0.15, 0.2) is 5.65 Å². The molecule has 2 saturated carbocycles. The largest absolute Gasteiger partial charge is 0.369 e. The lowest BCUT2D eigenvalue weighted by molar-refractivity contribution is -0.122. The van der Waals surface area contributed by atoms with Crippen LogP contribution in [0.15, 0.2) is 18.3 Å². The Morgan fingerprint density at radius 3 is 2.32 bits per heavy atom. The van der Waals surface area contributed by atoms with E-state index in [1.165, 1.54) is 0 Å². The lowest BCUT2D eigenvalue weighted by Gasteiger charge is -2.29. The topological polar surface area (TPSA) is 111 Å². The van der Waals surface area contributed by atoms with Crippen LogP contribution in [0.2, 0.25) is 10.0 Å². The summed E-state index contributed by atoms with van der Waals surface area (Å²) in [5.74, 6) is -3.00. The molecule has 2 heterocycles. The smallest absolute Gasteiger partial charge is 0.248 e. The maximum atomic E-state index is 13.7. The molecule has 4 N–H and O–H groups in total. The number of anilines is 3. The Hall–Kier alpha value is -2.79. The van der Waals surface area contributed by atoms with Gasteiger partial charge in [-0.3, -0.25) is 9.36 Å². The van der Waals surface area contributed by atoms with E-state index in [-0.39, 0.29) is 46.8 Å². The van der Waals surface area contributed by atoms with Crippen LogP contribution in [-0.2, 0) is 4.79 Å². The highest BCUT2D eigenvalue weighted by atomic mass is 35.5. The molecule has 1 amide bonds. The maximum absolute atomic E-state index is 13.7. The van der Waals surface area contributed by atoms with E-state index in [1.54, 1.807) is 6.20 Å². The van der Waals surface area contributed by atoms with Crippen molar-refractivity contribution in [2.45, 2.75) is 69.4 Å². The Labute approximate surface area is 221 Å². The van der Waals surface area contributed by atoms with Gasteiger partial charge in [0.05, 0.1) is 21.9 Å². The zero-order valence-corrected chi connectivity index (χ0v) is 21.3. The van der Waals surface area contributed by atoms with Gasteiger partial charge in [0.1, 0.15) is 11.3 Å². The summed E-state index contributed by atoms with van der Waals surface area (Å²) in [6.45, 7) is 0. The second kappa shape index (κ2) is 10.2. The van der Waals surface area contributed by atoms with E-state index >= 15 is 0 Å². The summed E-state index contributed by atoms with van der Waals surface area (Å²) in [6, 6.07) is 2.07. The summed E-state index contributed by atoms with van der Waals surface area (Å²) in [6.07, 6.45) is 4.38. The Bertz CT molecular complexity index is 1290. The highest BCUT2D eigenvalue weighted by Gasteiger charge is 2.35. The normalized spacial score (nSPS) is 22.2. The molecule has 2 fully saturated rings. The van der Waals surface area contributed by atoms with Gasteiger partial charge < -0.3 is 16.4 Å². The number of halogens is 5. The molecule has 2 aliphatic rings. The van der Waals surface area contributed by atoms with E-state index in [4.69, 9.17) is 28.9 Å². The standard InChI is InChI=1S/C24H26Cl2F3N7O/c25-16-9-13(27)10-17(26)19(16)34-23-33-18-11-31-22(32-14-5-7-24(28,29)8-6-14)35-21(18)36(23)15-3-1-12(2-4-15)20(30)37/h9-12,14-15H,1-8H2,(H2,30,37)(H,33,34)(H,31,32,35)/t12-,15+. The number of nitrogens with zero attached hydrogens (tertiary/aromatic N) is 4. The first-order valence-corrected chi connectivity index (χ1v) is 13.0. The fourth-order valence-corrected chi connectivity index (χ4v) is 5.71. The van der Waals surface area contributed by atoms with Crippen LogP contribution in [0.25, 0.3) is 11.2 Å². The van der Waals surface area contributed by atoms with Crippen molar-refractivity contribution < 1.29 is 18.0 Å². The van der Waals surface area contributed by atoms with E-state index in [2.05, 4.69) is 25.6 Å². The molecule has 37 heavy (non-hydrogen) atoms. The third-order valence-electron chi connectivity index (χ3n) is 7.19. The van der Waals surface area contributed by atoms with E-state index in [1.807, 2.05) is 4.57 Å². The van der Waals surface area contributed by atoms with Crippen LogP contribution in [-0.4, -0.2) is 37.4 Å². The molecule has 0 unspecified atom stereocenters. The Morgan fingerprint density at radius 2 is 1.70 bits per heavy atom. The average molecular weight is 556 g/mol. The van der Waals surface area contributed by atoms with Crippen molar-refractivity contribution >= 4 is 57.9 Å². The number of nitrogens with two attached hydrogens (primary N) is 1. The summed E-state index contributed by atoms with van der Waals surface area (Å²) < 4.78 is 42.8. The van der Waals surface area contributed by atoms with Gasteiger partial charge in [-0.15, -0.1) is 0 Å². The minimum atomic E-state index is -2.63. The quantitative estimate of drug-likeness (QED) is 0.333. The van der Waals surface area contributed by atoms with Crippen LogP contribution in [0.3, 0.4) is 0 Å². The van der Waals surface area contributed by atoms with Gasteiger partial charge in [-0.1, -0.05) is 23.2 Å². The molecular formula is C24H26Cl2F3N7O. The number of carbonyl (C=O) groups excluding carboxylic acids is 1. The summed E-state index contributed by atoms with van der Waals surface area (Å²) in [5, 5.41) is 6.48. The number of aromatic nitrogens is 4. The van der Waals surface area contributed by atoms with Crippen molar-refractivity contribution in [2.24, 2.45) is 11.7 Å². The second-order valence-corrected chi connectivity index (χ2v) is 10.6. The zero-order valence-electron chi connectivity index (χ0n) is 19.8. The van der Waals surface area contributed by atoms with E-state index in [9.17, 15) is 18.0 Å². The number of rotatable bonds is 6. The van der Waals surface area contributed by atoms with Crippen LogP contribution in [0.1, 0.15) is 57.4 Å². The number of hydrogen-bond acceptors (Lipinski definition) is 6. The summed E-state index contributed by atoms with van der Waals surface area (Å²) >= 11 is 12.5. The Balaban J connectivity index is 1.49. The molecule has 0 atom stereocenters. The lowest BCUT2D eigenvalue weighted by Crippen LogP contribution is -2.32. The van der Waals surface area contributed by atoms with Crippen molar-refractivity contribution in [1.29, 1.82) is 0 Å². The third kappa shape index (κ3) is 5.57. The predicted octanol–water partition coefficient (Wildman–Crippen LogP) is 6.22. The third-order valence-corrected chi connectivity index (χ3v) is 7.79. The van der Waals surface area contributed by atoms with E-state index in [0.717, 1.165) is 12.1 Å². The van der Waals surface area contributed by atoms with Crippen molar-refractivity contribution in [3.63, 3.8) is 0 Å². The zero-order chi connectivity index (χ0) is 26.3. The van der Waals surface area contributed by atoms with Crippen LogP contribution >= 0.6 is 23.2 Å². The monoisotopic (exact) mass is 555 g/mol. The van der Waals surface area contributed by atoms with Crippen LogP contribution in [0, 0.1) is 11.7 Å². The van der Waals surface area contributed by atoms with E-state index < -0.39 is 11.7 Å². The molecular weight excluding hydrogens is 530 g/mol. The minimum Gasteiger partial charge on any atom is -0.369 e. The fourth-order valence-electron chi connectivity index (χ4n) is 5.15. The van der Waals surface area contributed by atoms with Gasteiger partial charge in [0.25, 0.3) is 0 Å². The Morgan fingerprint density at radius 1 is 1.05 bits per heavy atom. The van der Waals surface area contributed by atoms with Gasteiger partial charge in [-0.05, 0) is 50.7 Å². The van der Waals surface area contributed by atoms with Crippen LogP contribution in [0.5, 0.6) is 0 Å². The SMILES string of the molecule is NC(=O)[C@H]1CC[C@@H](n2c(Nc3c(Cl)cc(F)cc3Cl)nc3cnc(NC4CCC(F)(F)CC4)nc32)CC1. The molecule has 3 aromatic rings. The van der Waals surface area contributed by atoms with Crippen molar-refractivity contribution in [2.75, 3.05) is 10.6 Å². The van der Waals surface area contributed by atoms with Crippen molar-refractivity contribution in [3.05, 3.63) is 34.2 Å². The summed E-state index contributed by atoms with van der Waals surface area (Å²) in [5.41, 5.74) is 6.83. The first kappa shape index (κ1) is 25.8. The number of benzene rings is 1. The van der Waals surface area contributed by atoms with E-state index in [0.29, 0.717) is 67.3 Å². The molecule has 0 spiro atoms. The number of hydrogen-bond donors (Lipinski definition) is 3. The van der Waals surface area contributed by atoms with Gasteiger partial charge in [0, 0.05) is 30.8 Å². The molecule has 2 aliphatic carbocycles. The molecule has 2 aromatic heterocycles. The highest BCUT2D eigenvalue weighted by molar-refractivity contribution is 6.39. The number of nitrogens with one attached hydrogen (secondary N) is 2. The number of imidazole rings is 1. The van der Waals surface area contributed by atoms with Crippen molar-refractivity contribution in [1.82, 2.24) is 19.5 Å². The maximum Gasteiger partial charge on any atom is 0.248 e. The van der Waals surface area contributed by atoms with Gasteiger partial charge >= 0.3 is 0 Å². The summed E-state index contributed by atoms with van der Waals surface area (Å²) in [4.78, 5) is 25.4. The average Bonchev–Trinajstić information content (AvgIpc) is 3.20. The molecule has 198 valence electrons. The van der Waals surface area contributed by atoms with Crippen molar-refractivity contribution in [3.8, 4) is 0 Å². The molecule has 5 rings (SSSR count). The predicted molar refractivity (Wildman–Crippen MR) is 136 cm³/mol. The molecule has 8 nitrogen and oxygen atoms in total. The van der Waals surface area contributed by atoms with Gasteiger partial charge in [0.2, 0.25) is 23.7 Å². The fraction of sp³-hybridized carbons (Fsp3) is 0.500.